The molecule has 1 aromatic rings. The highest BCUT2D eigenvalue weighted by molar-refractivity contribution is 6.21. The molecule has 0 bridgehead atoms. The number of hydrogen-bond donors (Lipinski definition) is 0. The largest absolute Gasteiger partial charge is 0.338 e. The Balaban J connectivity index is 2.20. The predicted octanol–water partition coefficient (Wildman–Crippen LogP) is 2.98. The average Bonchev–Trinajstić information content (AvgIpc) is 2.46. The van der Waals surface area contributed by atoms with Crippen molar-refractivity contribution in [2.45, 2.75) is 63.8 Å². The van der Waals surface area contributed by atoms with Gasteiger partial charge in [-0.3, -0.25) is 0 Å². The van der Waals surface area contributed by atoms with E-state index in [4.69, 9.17) is 11.6 Å². The summed E-state index contributed by atoms with van der Waals surface area (Å²) >= 11 is 6.44. The molecule has 0 amide bonds. The predicted molar refractivity (Wildman–Crippen MR) is 78.9 cm³/mol. The van der Waals surface area contributed by atoms with Crippen molar-refractivity contribution in [3.8, 4) is 0 Å². The summed E-state index contributed by atoms with van der Waals surface area (Å²) in [7, 11) is 2.04. The quantitative estimate of drug-likeness (QED) is 0.796. The van der Waals surface area contributed by atoms with E-state index < -0.39 is 0 Å². The number of aryl methyl sites for hydroxylation is 2. The van der Waals surface area contributed by atoms with Crippen molar-refractivity contribution >= 4 is 17.5 Å². The van der Waals surface area contributed by atoms with Gasteiger partial charge in [0, 0.05) is 13.1 Å². The molecule has 0 saturated heterocycles. The Hall–Kier alpha value is -0.900. The first kappa shape index (κ1) is 14.5. The standard InChI is InChI=1S/C14H23ClN4/c1-4-11-12(5-2)17-18-14(16-11)19(3)13-9-7-6-8-10(13)15/h10,13H,4-9H2,1-3H3. The molecule has 2 unspecified atom stereocenters. The molecule has 0 aromatic carbocycles. The van der Waals surface area contributed by atoms with Gasteiger partial charge in [0.25, 0.3) is 0 Å². The lowest BCUT2D eigenvalue weighted by Gasteiger charge is -2.34. The molecular formula is C14H23ClN4. The molecule has 1 aromatic heterocycles. The second kappa shape index (κ2) is 6.51. The van der Waals surface area contributed by atoms with Gasteiger partial charge in [-0.25, -0.2) is 4.98 Å². The average molecular weight is 283 g/mol. The molecule has 2 atom stereocenters. The Bertz CT molecular complexity index is 424. The molecule has 0 N–H and O–H groups in total. The van der Waals surface area contributed by atoms with Crippen LogP contribution in [0.5, 0.6) is 0 Å². The lowest BCUT2D eigenvalue weighted by Crippen LogP contribution is -2.42. The SMILES string of the molecule is CCc1nnc(N(C)C2CCCCC2Cl)nc1CC. The summed E-state index contributed by atoms with van der Waals surface area (Å²) in [6, 6.07) is 0.328. The molecule has 0 aliphatic heterocycles. The molecule has 106 valence electrons. The van der Waals surface area contributed by atoms with Crippen molar-refractivity contribution in [1.82, 2.24) is 15.2 Å². The molecule has 5 heteroatoms. The lowest BCUT2D eigenvalue weighted by molar-refractivity contribution is 0.429. The maximum absolute atomic E-state index is 6.44. The van der Waals surface area contributed by atoms with Crippen LogP contribution in [0.4, 0.5) is 5.95 Å². The number of nitrogens with zero attached hydrogens (tertiary/aromatic N) is 4. The first-order chi connectivity index (χ1) is 9.17. The van der Waals surface area contributed by atoms with Crippen molar-refractivity contribution in [3.05, 3.63) is 11.4 Å². The smallest absolute Gasteiger partial charge is 0.245 e. The van der Waals surface area contributed by atoms with Gasteiger partial charge in [0.15, 0.2) is 0 Å². The zero-order valence-electron chi connectivity index (χ0n) is 12.1. The van der Waals surface area contributed by atoms with Crippen molar-refractivity contribution in [3.63, 3.8) is 0 Å². The zero-order chi connectivity index (χ0) is 13.8. The molecule has 0 radical (unpaired) electrons. The summed E-state index contributed by atoms with van der Waals surface area (Å²) in [5.74, 6) is 0.714. The van der Waals surface area contributed by atoms with E-state index in [1.807, 2.05) is 7.05 Å². The topological polar surface area (TPSA) is 41.9 Å². The van der Waals surface area contributed by atoms with E-state index in [0.29, 0.717) is 12.0 Å². The summed E-state index contributed by atoms with van der Waals surface area (Å²) in [5.41, 5.74) is 2.06. The van der Waals surface area contributed by atoms with E-state index in [0.717, 1.165) is 37.1 Å². The van der Waals surface area contributed by atoms with Gasteiger partial charge < -0.3 is 4.90 Å². The number of aromatic nitrogens is 3. The van der Waals surface area contributed by atoms with E-state index in [9.17, 15) is 0 Å². The number of anilines is 1. The van der Waals surface area contributed by atoms with E-state index >= 15 is 0 Å². The van der Waals surface area contributed by atoms with Gasteiger partial charge in [0.1, 0.15) is 0 Å². The minimum Gasteiger partial charge on any atom is -0.338 e. The summed E-state index contributed by atoms with van der Waals surface area (Å²) in [4.78, 5) is 6.78. The third-order valence-electron chi connectivity index (χ3n) is 3.96. The maximum Gasteiger partial charge on any atom is 0.245 e. The molecule has 1 fully saturated rings. The van der Waals surface area contributed by atoms with E-state index in [1.165, 1.54) is 12.8 Å². The highest BCUT2D eigenvalue weighted by Crippen LogP contribution is 2.28. The summed E-state index contributed by atoms with van der Waals surface area (Å²) in [6.45, 7) is 4.20. The van der Waals surface area contributed by atoms with E-state index in [2.05, 4.69) is 33.9 Å². The van der Waals surface area contributed by atoms with Gasteiger partial charge in [-0.1, -0.05) is 26.7 Å². The van der Waals surface area contributed by atoms with E-state index in [1.54, 1.807) is 0 Å². The second-order valence-electron chi connectivity index (χ2n) is 5.19. The first-order valence-electron chi connectivity index (χ1n) is 7.26. The van der Waals surface area contributed by atoms with Crippen molar-refractivity contribution in [2.24, 2.45) is 0 Å². The minimum atomic E-state index is 0.193. The number of hydrogen-bond acceptors (Lipinski definition) is 4. The fourth-order valence-corrected chi connectivity index (χ4v) is 3.18. The Morgan fingerprint density at radius 1 is 1.11 bits per heavy atom. The monoisotopic (exact) mass is 282 g/mol. The molecule has 1 heterocycles. The molecule has 2 rings (SSSR count). The third kappa shape index (κ3) is 3.16. The fraction of sp³-hybridized carbons (Fsp3) is 0.786. The van der Waals surface area contributed by atoms with Crippen molar-refractivity contribution in [2.75, 3.05) is 11.9 Å². The Labute approximate surface area is 120 Å². The Morgan fingerprint density at radius 2 is 1.79 bits per heavy atom. The van der Waals surface area contributed by atoms with Crippen LogP contribution in [0.2, 0.25) is 0 Å². The molecule has 4 nitrogen and oxygen atoms in total. The number of rotatable bonds is 4. The van der Waals surface area contributed by atoms with Gasteiger partial charge in [-0.15, -0.1) is 16.7 Å². The van der Waals surface area contributed by atoms with Crippen LogP contribution in [0.15, 0.2) is 0 Å². The number of alkyl halides is 1. The van der Waals surface area contributed by atoms with Crippen LogP contribution < -0.4 is 4.90 Å². The Kier molecular flexibility index (Phi) is 4.97. The summed E-state index contributed by atoms with van der Waals surface area (Å²) in [5, 5.41) is 8.78. The Morgan fingerprint density at radius 3 is 2.42 bits per heavy atom. The third-order valence-corrected chi connectivity index (χ3v) is 4.47. The van der Waals surface area contributed by atoms with Crippen LogP contribution in [0.3, 0.4) is 0 Å². The summed E-state index contributed by atoms with van der Waals surface area (Å²) < 4.78 is 0. The zero-order valence-corrected chi connectivity index (χ0v) is 12.8. The van der Waals surface area contributed by atoms with Gasteiger partial charge in [0.2, 0.25) is 5.95 Å². The fourth-order valence-electron chi connectivity index (χ4n) is 2.73. The highest BCUT2D eigenvalue weighted by Gasteiger charge is 2.28. The molecule has 19 heavy (non-hydrogen) atoms. The van der Waals surface area contributed by atoms with E-state index in [-0.39, 0.29) is 5.38 Å². The van der Waals surface area contributed by atoms with Crippen LogP contribution in [0.1, 0.15) is 50.9 Å². The molecule has 1 saturated carbocycles. The highest BCUT2D eigenvalue weighted by atomic mass is 35.5. The first-order valence-corrected chi connectivity index (χ1v) is 7.70. The van der Waals surface area contributed by atoms with Crippen LogP contribution in [-0.4, -0.2) is 33.6 Å². The number of halogens is 1. The normalized spacial score (nSPS) is 23.4. The second-order valence-corrected chi connectivity index (χ2v) is 5.75. The van der Waals surface area contributed by atoms with Crippen LogP contribution >= 0.6 is 11.6 Å². The van der Waals surface area contributed by atoms with Gasteiger partial charge in [-0.05, 0) is 25.7 Å². The van der Waals surface area contributed by atoms with Gasteiger partial charge in [0.05, 0.1) is 16.8 Å². The van der Waals surface area contributed by atoms with Crippen molar-refractivity contribution in [1.29, 1.82) is 0 Å². The van der Waals surface area contributed by atoms with Gasteiger partial charge in [-0.2, -0.15) is 5.10 Å². The molecule has 1 aliphatic rings. The molecule has 1 aliphatic carbocycles. The lowest BCUT2D eigenvalue weighted by atomic mass is 9.94. The maximum atomic E-state index is 6.44. The molecular weight excluding hydrogens is 260 g/mol. The minimum absolute atomic E-state index is 0.193. The van der Waals surface area contributed by atoms with Crippen molar-refractivity contribution < 1.29 is 0 Å². The summed E-state index contributed by atoms with van der Waals surface area (Å²) in [6.07, 6.45) is 6.44. The van der Waals surface area contributed by atoms with Crippen LogP contribution in [0, 0.1) is 0 Å². The van der Waals surface area contributed by atoms with Gasteiger partial charge >= 0.3 is 0 Å². The van der Waals surface area contributed by atoms with Crippen LogP contribution in [0.25, 0.3) is 0 Å². The van der Waals surface area contributed by atoms with Crippen LogP contribution in [-0.2, 0) is 12.8 Å². The molecule has 0 spiro atoms.